The highest BCUT2D eigenvalue weighted by molar-refractivity contribution is 6.35. The molecule has 25 heavy (non-hydrogen) atoms. The number of carbonyl (C=O) groups excluding carboxylic acids is 1. The first-order valence-electron chi connectivity index (χ1n) is 7.36. The molecule has 2 unspecified atom stereocenters. The number of carbonyl (C=O) groups is 1. The summed E-state index contributed by atoms with van der Waals surface area (Å²) in [6.45, 7) is 3.18. The normalized spacial score (nSPS) is 14.1. The molecule has 0 saturated heterocycles. The first-order valence-corrected chi connectivity index (χ1v) is 8.49. The number of halogens is 3. The molecule has 130 valence electrons. The molecular weight excluding hydrogens is 383 g/mol. The second-order valence-corrected chi connectivity index (χ2v) is 6.85. The molecule has 0 saturated carbocycles. The Balaban J connectivity index is 2.13. The molecule has 2 rings (SSSR count). The number of hydrogen-bond donors (Lipinski definition) is 1. The highest BCUT2D eigenvalue weighted by atomic mass is 35.5. The van der Waals surface area contributed by atoms with Gasteiger partial charge in [0.05, 0.1) is 11.1 Å². The second kappa shape index (κ2) is 7.97. The van der Waals surface area contributed by atoms with Gasteiger partial charge in [-0.2, -0.15) is 5.26 Å². The van der Waals surface area contributed by atoms with Crippen LogP contribution in [-0.4, -0.2) is 12.0 Å². The summed E-state index contributed by atoms with van der Waals surface area (Å²) in [6, 6.07) is 13.5. The van der Waals surface area contributed by atoms with Crippen molar-refractivity contribution in [3.63, 3.8) is 0 Å². The maximum atomic E-state index is 12.5. The van der Waals surface area contributed by atoms with E-state index in [9.17, 15) is 10.1 Å². The van der Waals surface area contributed by atoms with E-state index >= 15 is 0 Å². The molecule has 7 heteroatoms. The second-order valence-electron chi connectivity index (χ2n) is 5.57. The Morgan fingerprint density at radius 1 is 1.16 bits per heavy atom. The van der Waals surface area contributed by atoms with Crippen molar-refractivity contribution in [1.29, 1.82) is 5.26 Å². The number of nitrogens with zero attached hydrogens (tertiary/aromatic N) is 1. The highest BCUT2D eigenvalue weighted by Gasteiger charge is 2.31. The molecule has 2 aromatic carbocycles. The van der Waals surface area contributed by atoms with Gasteiger partial charge in [0, 0.05) is 10.0 Å². The van der Waals surface area contributed by atoms with Crippen LogP contribution in [0.5, 0.6) is 5.75 Å². The SMILES string of the molecule is CC(Oc1ccc(Cl)cc1Cl)C(=O)NC(C)(C#N)c1ccc(Cl)cc1. The minimum absolute atomic E-state index is 0.299. The van der Waals surface area contributed by atoms with Crippen molar-refractivity contribution in [3.05, 3.63) is 63.1 Å². The fraction of sp³-hybridized carbons (Fsp3) is 0.222. The van der Waals surface area contributed by atoms with Crippen LogP contribution in [0.15, 0.2) is 42.5 Å². The lowest BCUT2D eigenvalue weighted by molar-refractivity contribution is -0.128. The number of nitriles is 1. The molecule has 0 aromatic heterocycles. The number of nitrogens with one attached hydrogen (secondary N) is 1. The van der Waals surface area contributed by atoms with Crippen LogP contribution in [0.2, 0.25) is 15.1 Å². The molecule has 2 aromatic rings. The maximum absolute atomic E-state index is 12.5. The molecule has 0 aliphatic carbocycles. The minimum atomic E-state index is -1.22. The number of benzene rings is 2. The van der Waals surface area contributed by atoms with Gasteiger partial charge in [0.15, 0.2) is 6.10 Å². The molecule has 0 bridgehead atoms. The lowest BCUT2D eigenvalue weighted by Gasteiger charge is -2.26. The molecule has 0 spiro atoms. The van der Waals surface area contributed by atoms with Gasteiger partial charge >= 0.3 is 0 Å². The van der Waals surface area contributed by atoms with Gasteiger partial charge in [-0.15, -0.1) is 0 Å². The predicted octanol–water partition coefficient (Wildman–Crippen LogP) is 4.97. The third-order valence-electron chi connectivity index (χ3n) is 3.59. The molecule has 0 radical (unpaired) electrons. The zero-order valence-electron chi connectivity index (χ0n) is 13.5. The van der Waals surface area contributed by atoms with Gasteiger partial charge in [0.25, 0.3) is 5.91 Å². The molecule has 2 atom stereocenters. The minimum Gasteiger partial charge on any atom is -0.479 e. The summed E-state index contributed by atoms with van der Waals surface area (Å²) < 4.78 is 5.57. The van der Waals surface area contributed by atoms with E-state index in [2.05, 4.69) is 11.4 Å². The molecule has 0 fully saturated rings. The van der Waals surface area contributed by atoms with Gasteiger partial charge in [-0.1, -0.05) is 46.9 Å². The van der Waals surface area contributed by atoms with Crippen molar-refractivity contribution in [3.8, 4) is 11.8 Å². The zero-order chi connectivity index (χ0) is 18.6. The molecule has 1 amide bonds. The van der Waals surface area contributed by atoms with E-state index in [-0.39, 0.29) is 0 Å². The largest absolute Gasteiger partial charge is 0.479 e. The topological polar surface area (TPSA) is 62.1 Å². The Morgan fingerprint density at radius 3 is 2.32 bits per heavy atom. The lowest BCUT2D eigenvalue weighted by Crippen LogP contribution is -2.47. The fourth-order valence-corrected chi connectivity index (χ4v) is 2.69. The summed E-state index contributed by atoms with van der Waals surface area (Å²) >= 11 is 17.7. The van der Waals surface area contributed by atoms with Crippen LogP contribution in [0.4, 0.5) is 0 Å². The fourth-order valence-electron chi connectivity index (χ4n) is 2.11. The van der Waals surface area contributed by atoms with Crippen molar-refractivity contribution < 1.29 is 9.53 Å². The van der Waals surface area contributed by atoms with E-state index in [4.69, 9.17) is 39.5 Å². The Morgan fingerprint density at radius 2 is 1.76 bits per heavy atom. The van der Waals surface area contributed by atoms with E-state index in [1.54, 1.807) is 50.2 Å². The number of hydrogen-bond acceptors (Lipinski definition) is 3. The maximum Gasteiger partial charge on any atom is 0.262 e. The smallest absolute Gasteiger partial charge is 0.262 e. The summed E-state index contributed by atoms with van der Waals surface area (Å²) in [6.07, 6.45) is -0.862. The van der Waals surface area contributed by atoms with Crippen LogP contribution in [0.1, 0.15) is 19.4 Å². The Bertz CT molecular complexity index is 818. The van der Waals surface area contributed by atoms with Gasteiger partial charge in [0.1, 0.15) is 11.3 Å². The van der Waals surface area contributed by atoms with Crippen molar-refractivity contribution >= 4 is 40.7 Å². The highest BCUT2D eigenvalue weighted by Crippen LogP contribution is 2.28. The van der Waals surface area contributed by atoms with E-state index in [0.717, 1.165) is 0 Å². The number of ether oxygens (including phenoxy) is 1. The Hall–Kier alpha value is -1.93. The monoisotopic (exact) mass is 396 g/mol. The van der Waals surface area contributed by atoms with Crippen LogP contribution in [0.25, 0.3) is 0 Å². The number of rotatable bonds is 5. The summed E-state index contributed by atoms with van der Waals surface area (Å²) in [4.78, 5) is 12.5. The van der Waals surface area contributed by atoms with Crippen LogP contribution < -0.4 is 10.1 Å². The van der Waals surface area contributed by atoms with Crippen molar-refractivity contribution in [1.82, 2.24) is 5.32 Å². The van der Waals surface area contributed by atoms with Crippen molar-refractivity contribution in [2.75, 3.05) is 0 Å². The van der Waals surface area contributed by atoms with Gasteiger partial charge in [-0.25, -0.2) is 0 Å². The van der Waals surface area contributed by atoms with E-state index in [1.807, 2.05) is 0 Å². The third-order valence-corrected chi connectivity index (χ3v) is 4.37. The summed E-state index contributed by atoms with van der Waals surface area (Å²) in [5.74, 6) is -0.121. The van der Waals surface area contributed by atoms with Gasteiger partial charge in [-0.3, -0.25) is 4.79 Å². The molecular formula is C18H15Cl3N2O2. The summed E-state index contributed by atoms with van der Waals surface area (Å²) in [5, 5.41) is 13.5. The van der Waals surface area contributed by atoms with Crippen molar-refractivity contribution in [2.45, 2.75) is 25.5 Å². The standard InChI is InChI=1S/C18H15Cl3N2O2/c1-11(25-16-8-7-14(20)9-15(16)21)17(24)23-18(2,10-22)12-3-5-13(19)6-4-12/h3-9,11H,1-2H3,(H,23,24). The summed E-state index contributed by atoms with van der Waals surface area (Å²) in [5.41, 5.74) is -0.604. The Labute approximate surface area is 161 Å². The molecule has 0 aliphatic heterocycles. The summed E-state index contributed by atoms with van der Waals surface area (Å²) in [7, 11) is 0. The van der Waals surface area contributed by atoms with E-state index < -0.39 is 17.6 Å². The average molecular weight is 398 g/mol. The average Bonchev–Trinajstić information content (AvgIpc) is 2.57. The van der Waals surface area contributed by atoms with Gasteiger partial charge in [0.2, 0.25) is 0 Å². The Kier molecular flexibility index (Phi) is 6.18. The third kappa shape index (κ3) is 4.79. The van der Waals surface area contributed by atoms with Gasteiger partial charge in [-0.05, 0) is 49.7 Å². The molecule has 0 aliphatic rings. The lowest BCUT2D eigenvalue weighted by atomic mass is 9.93. The first-order chi connectivity index (χ1) is 11.7. The van der Waals surface area contributed by atoms with Crippen LogP contribution >= 0.6 is 34.8 Å². The van der Waals surface area contributed by atoms with Crippen LogP contribution in [0.3, 0.4) is 0 Å². The molecule has 1 N–H and O–H groups in total. The number of amides is 1. The molecule has 4 nitrogen and oxygen atoms in total. The van der Waals surface area contributed by atoms with Gasteiger partial charge < -0.3 is 10.1 Å². The molecule has 0 heterocycles. The van der Waals surface area contributed by atoms with Crippen LogP contribution in [-0.2, 0) is 10.3 Å². The van der Waals surface area contributed by atoms with Crippen molar-refractivity contribution in [2.24, 2.45) is 0 Å². The zero-order valence-corrected chi connectivity index (χ0v) is 15.8. The van der Waals surface area contributed by atoms with E-state index in [0.29, 0.717) is 26.4 Å². The van der Waals surface area contributed by atoms with Crippen LogP contribution in [0, 0.1) is 11.3 Å². The quantitative estimate of drug-likeness (QED) is 0.775. The predicted molar refractivity (Wildman–Crippen MR) is 99.1 cm³/mol. The van der Waals surface area contributed by atoms with E-state index in [1.165, 1.54) is 6.07 Å². The first kappa shape index (κ1) is 19.4.